The van der Waals surface area contributed by atoms with E-state index >= 15 is 8.78 Å². The van der Waals surface area contributed by atoms with Crippen molar-refractivity contribution in [3.63, 3.8) is 0 Å². The van der Waals surface area contributed by atoms with Crippen LogP contribution in [0.25, 0.3) is 22.3 Å². The average Bonchev–Trinajstić information content (AvgIpc) is 3.74. The fourth-order valence-corrected chi connectivity index (χ4v) is 9.31. The van der Waals surface area contributed by atoms with Gasteiger partial charge in [-0.3, -0.25) is 34.8 Å². The molecule has 61 heavy (non-hydrogen) atoms. The predicted octanol–water partition coefficient (Wildman–Crippen LogP) is 5.92. The van der Waals surface area contributed by atoms with E-state index in [4.69, 9.17) is 14.7 Å². The number of nitrogens with one attached hydrogen (secondary N) is 2. The van der Waals surface area contributed by atoms with Crippen LogP contribution in [0.3, 0.4) is 0 Å². The van der Waals surface area contributed by atoms with Gasteiger partial charge in [0.15, 0.2) is 0 Å². The monoisotopic (exact) mass is 833 g/mol. The number of benzene rings is 2. The van der Waals surface area contributed by atoms with Crippen molar-refractivity contribution >= 4 is 46.3 Å². The van der Waals surface area contributed by atoms with Crippen LogP contribution in [0.2, 0.25) is 0 Å². The van der Waals surface area contributed by atoms with Gasteiger partial charge in [-0.25, -0.2) is 18.4 Å². The molecule has 2 N–H and O–H groups in total. The number of ether oxygens (including phenoxy) is 1. The molecule has 3 saturated heterocycles. The maximum atomic E-state index is 15.2. The zero-order valence-electron chi connectivity index (χ0n) is 34.5. The van der Waals surface area contributed by atoms with Gasteiger partial charge in [0.05, 0.1) is 46.9 Å². The Labute approximate surface area is 351 Å². The lowest BCUT2D eigenvalue weighted by molar-refractivity contribution is -0.138. The van der Waals surface area contributed by atoms with Gasteiger partial charge in [0.25, 0.3) is 5.91 Å². The van der Waals surface area contributed by atoms with Crippen molar-refractivity contribution in [2.45, 2.75) is 71.3 Å². The first-order valence-electron chi connectivity index (χ1n) is 21.2. The first-order valence-corrected chi connectivity index (χ1v) is 21.2. The number of likely N-dealkylation sites (tertiary alicyclic amines) is 1. The third kappa shape index (κ3) is 8.07. The number of piperidine rings is 2. The molecule has 0 aliphatic carbocycles. The van der Waals surface area contributed by atoms with Gasteiger partial charge in [-0.05, 0) is 99.2 Å². The fraction of sp³-hybridized carbons (Fsp3) is 0.444. The molecule has 0 unspecified atom stereocenters. The summed E-state index contributed by atoms with van der Waals surface area (Å²) in [6, 6.07) is 12.3. The zero-order valence-corrected chi connectivity index (χ0v) is 34.5. The number of fused-ring (bicyclic) bond motifs is 7. The predicted molar refractivity (Wildman–Crippen MR) is 223 cm³/mol. The summed E-state index contributed by atoms with van der Waals surface area (Å²) < 4.78 is 40.4. The van der Waals surface area contributed by atoms with Crippen LogP contribution >= 0.6 is 0 Å². The molecule has 9 rings (SSSR count). The van der Waals surface area contributed by atoms with Crippen molar-refractivity contribution in [1.29, 1.82) is 0 Å². The minimum Gasteiger partial charge on any atom is -0.477 e. The highest BCUT2D eigenvalue weighted by Gasteiger charge is 2.38. The van der Waals surface area contributed by atoms with Crippen LogP contribution in [0.4, 0.5) is 20.4 Å². The SMILES string of the molecule is Cc1cc2cc(n1)-c1cnn(C)c1OCCC[C@@H](C)Cn1c(nc3ccc(CC4CCN(C(=O)C5CN(c6cc(F)c([C@H]7CCC(=O)NC7=O)c(F)c6)C5)CC4)cc31)NC2=O. The van der Waals surface area contributed by atoms with E-state index in [1.165, 1.54) is 17.7 Å². The Balaban J connectivity index is 0.842. The first-order chi connectivity index (χ1) is 29.4. The maximum absolute atomic E-state index is 15.2. The summed E-state index contributed by atoms with van der Waals surface area (Å²) in [6.07, 6.45) is 6.08. The molecule has 4 aliphatic rings. The second-order valence-corrected chi connectivity index (χ2v) is 17.2. The molecule has 0 saturated carbocycles. The summed E-state index contributed by atoms with van der Waals surface area (Å²) in [4.78, 5) is 64.4. The molecule has 5 aromatic rings. The van der Waals surface area contributed by atoms with Crippen LogP contribution in [0.5, 0.6) is 5.88 Å². The molecule has 3 fully saturated rings. The molecule has 4 aliphatic heterocycles. The quantitative estimate of drug-likeness (QED) is 0.206. The van der Waals surface area contributed by atoms with E-state index in [1.807, 2.05) is 24.9 Å². The number of imidazole rings is 1. The lowest BCUT2D eigenvalue weighted by atomic mass is 9.88. The van der Waals surface area contributed by atoms with Gasteiger partial charge in [0.1, 0.15) is 11.6 Å². The normalized spacial score (nSPS) is 20.5. The highest BCUT2D eigenvalue weighted by molar-refractivity contribution is 6.05. The topological polar surface area (TPSA) is 157 Å². The molecule has 2 bridgehead atoms. The third-order valence-corrected chi connectivity index (χ3v) is 12.7. The number of imide groups is 1. The van der Waals surface area contributed by atoms with Crippen LogP contribution in [-0.4, -0.2) is 85.6 Å². The Morgan fingerprint density at radius 2 is 1.70 bits per heavy atom. The van der Waals surface area contributed by atoms with Crippen molar-refractivity contribution < 1.29 is 32.7 Å². The minimum atomic E-state index is -1.06. The molecule has 318 valence electrons. The maximum Gasteiger partial charge on any atom is 0.258 e. The number of pyridine rings is 1. The number of hydrogen-bond acceptors (Lipinski definition) is 9. The van der Waals surface area contributed by atoms with Gasteiger partial charge in [-0.2, -0.15) is 5.10 Å². The largest absolute Gasteiger partial charge is 0.477 e. The molecule has 16 heteroatoms. The van der Waals surface area contributed by atoms with E-state index in [0.29, 0.717) is 79.7 Å². The van der Waals surface area contributed by atoms with Gasteiger partial charge in [0.2, 0.25) is 29.5 Å². The minimum absolute atomic E-state index is 0.0240. The summed E-state index contributed by atoms with van der Waals surface area (Å²) in [5.74, 6) is -2.61. The molecule has 2 aromatic carbocycles. The molecule has 7 heterocycles. The van der Waals surface area contributed by atoms with Crippen LogP contribution in [0, 0.1) is 36.3 Å². The van der Waals surface area contributed by atoms with Gasteiger partial charge in [-0.15, -0.1) is 0 Å². The van der Waals surface area contributed by atoms with Crippen LogP contribution in [0.1, 0.15) is 78.5 Å². The summed E-state index contributed by atoms with van der Waals surface area (Å²) in [5.41, 5.74) is 5.43. The molecular formula is C45H49F2N9O5. The Morgan fingerprint density at radius 3 is 2.46 bits per heavy atom. The van der Waals surface area contributed by atoms with Crippen molar-refractivity contribution in [1.82, 2.24) is 34.5 Å². The van der Waals surface area contributed by atoms with Gasteiger partial charge < -0.3 is 19.1 Å². The molecule has 0 radical (unpaired) electrons. The van der Waals surface area contributed by atoms with E-state index in [9.17, 15) is 19.2 Å². The number of nitrogens with zero attached hydrogens (tertiary/aromatic N) is 7. The standard InChI is InChI=1S/C45H49F2N9O5/c1-25-5-4-14-61-44-33(21-48-53(44)3)37-18-29(15-26(2)49-37)41(58)52-45-50-36-8-6-28(17-38(36)56(45)22-25)16-27-10-12-54(13-11-27)43(60)30-23-55(24-30)31-19-34(46)40(35(47)20-31)32-7-9-39(57)51-42(32)59/h6,8,15,17-21,25,27,30,32H,4-5,7,9-14,16,22-24H2,1-3H3,(H,50,52,58)(H,51,57,59)/t25-,32-/m1/s1. The number of carbonyl (C=O) groups excluding carboxylic acids is 4. The second-order valence-electron chi connectivity index (χ2n) is 17.2. The van der Waals surface area contributed by atoms with Crippen LogP contribution < -0.4 is 20.3 Å². The van der Waals surface area contributed by atoms with E-state index in [-0.39, 0.29) is 42.1 Å². The third-order valence-electron chi connectivity index (χ3n) is 12.7. The van der Waals surface area contributed by atoms with E-state index in [0.717, 1.165) is 48.7 Å². The van der Waals surface area contributed by atoms with Crippen molar-refractivity contribution in [3.8, 4) is 17.1 Å². The number of amides is 4. The first kappa shape index (κ1) is 40.2. The molecular weight excluding hydrogens is 785 g/mol. The summed E-state index contributed by atoms with van der Waals surface area (Å²) in [5, 5.41) is 9.67. The second kappa shape index (κ2) is 16.3. The molecule has 3 aromatic heterocycles. The van der Waals surface area contributed by atoms with Gasteiger partial charge in [-0.1, -0.05) is 13.0 Å². The molecule has 4 amide bonds. The summed E-state index contributed by atoms with van der Waals surface area (Å²) in [6.45, 7) is 7.22. The van der Waals surface area contributed by atoms with Crippen LogP contribution in [0.15, 0.2) is 48.7 Å². The summed E-state index contributed by atoms with van der Waals surface area (Å²) >= 11 is 0. The number of anilines is 2. The molecule has 14 nitrogen and oxygen atoms in total. The Kier molecular flexibility index (Phi) is 10.8. The Bertz CT molecular complexity index is 2530. The smallest absolute Gasteiger partial charge is 0.258 e. The van der Waals surface area contributed by atoms with E-state index in [2.05, 4.69) is 39.4 Å². The average molecular weight is 834 g/mol. The summed E-state index contributed by atoms with van der Waals surface area (Å²) in [7, 11) is 1.83. The fourth-order valence-electron chi connectivity index (χ4n) is 9.31. The van der Waals surface area contributed by atoms with Crippen molar-refractivity contribution in [2.24, 2.45) is 24.8 Å². The number of rotatable bonds is 5. The van der Waals surface area contributed by atoms with Crippen molar-refractivity contribution in [3.05, 3.63) is 82.7 Å². The van der Waals surface area contributed by atoms with E-state index < -0.39 is 29.4 Å². The van der Waals surface area contributed by atoms with Crippen LogP contribution in [-0.2, 0) is 34.4 Å². The highest BCUT2D eigenvalue weighted by atomic mass is 19.1. The lowest BCUT2D eigenvalue weighted by Crippen LogP contribution is -2.55. The lowest BCUT2D eigenvalue weighted by Gasteiger charge is -2.43. The number of halogens is 2. The molecule has 0 spiro atoms. The number of carbonyl (C=O) groups is 4. The molecule has 2 atom stereocenters. The van der Waals surface area contributed by atoms with Gasteiger partial charge >= 0.3 is 0 Å². The van der Waals surface area contributed by atoms with Gasteiger partial charge in [0, 0.05) is 68.7 Å². The Morgan fingerprint density at radius 1 is 0.934 bits per heavy atom. The van der Waals surface area contributed by atoms with E-state index in [1.54, 1.807) is 27.9 Å². The zero-order chi connectivity index (χ0) is 42.5. The number of hydrogen-bond donors (Lipinski definition) is 2. The van der Waals surface area contributed by atoms with Crippen molar-refractivity contribution in [2.75, 3.05) is 43.0 Å². The highest BCUT2D eigenvalue weighted by Crippen LogP contribution is 2.36. The Hall–Kier alpha value is -6.19. The number of aromatic nitrogens is 5. The number of aryl methyl sites for hydroxylation is 2.